The van der Waals surface area contributed by atoms with Gasteiger partial charge in [-0.2, -0.15) is 0 Å². The van der Waals surface area contributed by atoms with E-state index in [-0.39, 0.29) is 24.1 Å². The fourth-order valence-corrected chi connectivity index (χ4v) is 2.18. The Bertz CT molecular complexity index is 501. The van der Waals surface area contributed by atoms with Crippen LogP contribution in [0.5, 0.6) is 0 Å². The quantitative estimate of drug-likeness (QED) is 0.833. The van der Waals surface area contributed by atoms with Gasteiger partial charge in [0, 0.05) is 24.4 Å². The van der Waals surface area contributed by atoms with Gasteiger partial charge in [-0.3, -0.25) is 9.59 Å². The summed E-state index contributed by atoms with van der Waals surface area (Å²) in [5.41, 5.74) is 2.18. The van der Waals surface area contributed by atoms with Gasteiger partial charge in [-0.15, -0.1) is 0 Å². The lowest BCUT2D eigenvalue weighted by Crippen LogP contribution is -2.35. The van der Waals surface area contributed by atoms with Gasteiger partial charge in [0.25, 0.3) is 5.56 Å². The SMILES string of the molecule is Cc1cc(C)c(CNC(=O)[C@@H]2CCCO2)c(=O)[nH]1. The highest BCUT2D eigenvalue weighted by Gasteiger charge is 2.23. The number of nitrogens with one attached hydrogen (secondary N) is 2. The van der Waals surface area contributed by atoms with Crippen LogP contribution in [0.15, 0.2) is 10.9 Å². The molecule has 1 fully saturated rings. The number of aromatic nitrogens is 1. The molecule has 0 aliphatic carbocycles. The number of H-pyrrole nitrogens is 1. The Hall–Kier alpha value is -1.62. The molecule has 5 heteroatoms. The van der Waals surface area contributed by atoms with Gasteiger partial charge in [0.15, 0.2) is 0 Å². The largest absolute Gasteiger partial charge is 0.368 e. The van der Waals surface area contributed by atoms with Gasteiger partial charge < -0.3 is 15.0 Å². The first kappa shape index (κ1) is 12.8. The number of pyridine rings is 1. The molecule has 1 amide bonds. The second-order valence-electron chi connectivity index (χ2n) is 4.66. The first-order valence-corrected chi connectivity index (χ1v) is 6.16. The minimum Gasteiger partial charge on any atom is -0.368 e. The van der Waals surface area contributed by atoms with Gasteiger partial charge in [-0.1, -0.05) is 0 Å². The molecule has 5 nitrogen and oxygen atoms in total. The first-order chi connectivity index (χ1) is 8.58. The van der Waals surface area contributed by atoms with Gasteiger partial charge in [0.2, 0.25) is 5.91 Å². The van der Waals surface area contributed by atoms with E-state index in [9.17, 15) is 9.59 Å². The van der Waals surface area contributed by atoms with Crippen molar-refractivity contribution < 1.29 is 9.53 Å². The second kappa shape index (κ2) is 5.35. The van der Waals surface area contributed by atoms with Crippen LogP contribution in [-0.2, 0) is 16.1 Å². The van der Waals surface area contributed by atoms with E-state index in [1.54, 1.807) is 0 Å². The van der Waals surface area contributed by atoms with E-state index in [4.69, 9.17) is 4.74 Å². The third-order valence-corrected chi connectivity index (χ3v) is 3.16. The third-order valence-electron chi connectivity index (χ3n) is 3.16. The Morgan fingerprint density at radius 2 is 2.33 bits per heavy atom. The molecule has 1 aliphatic heterocycles. The smallest absolute Gasteiger partial charge is 0.253 e. The second-order valence-corrected chi connectivity index (χ2v) is 4.66. The minimum absolute atomic E-state index is 0.133. The van der Waals surface area contributed by atoms with Crippen molar-refractivity contribution in [2.45, 2.75) is 39.3 Å². The van der Waals surface area contributed by atoms with Gasteiger partial charge >= 0.3 is 0 Å². The molecule has 1 saturated heterocycles. The van der Waals surface area contributed by atoms with E-state index < -0.39 is 0 Å². The van der Waals surface area contributed by atoms with E-state index in [2.05, 4.69) is 10.3 Å². The minimum atomic E-state index is -0.352. The molecule has 0 spiro atoms. The van der Waals surface area contributed by atoms with Crippen molar-refractivity contribution in [3.05, 3.63) is 33.2 Å². The van der Waals surface area contributed by atoms with Gasteiger partial charge in [-0.05, 0) is 38.3 Å². The normalized spacial score (nSPS) is 18.9. The molecule has 1 atom stereocenters. The summed E-state index contributed by atoms with van der Waals surface area (Å²) in [5.74, 6) is -0.133. The molecule has 1 aliphatic rings. The number of ether oxygens (including phenoxy) is 1. The van der Waals surface area contributed by atoms with Crippen molar-refractivity contribution in [2.75, 3.05) is 6.61 Å². The topological polar surface area (TPSA) is 71.2 Å². The predicted molar refractivity (Wildman–Crippen MR) is 67.4 cm³/mol. The maximum atomic E-state index is 11.8. The molecule has 0 radical (unpaired) electrons. The van der Waals surface area contributed by atoms with Crippen LogP contribution < -0.4 is 10.9 Å². The van der Waals surface area contributed by atoms with Crippen LogP contribution in [-0.4, -0.2) is 23.6 Å². The average molecular weight is 250 g/mol. The fraction of sp³-hybridized carbons (Fsp3) is 0.538. The zero-order chi connectivity index (χ0) is 13.1. The maximum absolute atomic E-state index is 11.8. The van der Waals surface area contributed by atoms with Gasteiger partial charge in [0.05, 0.1) is 0 Å². The molecule has 1 aromatic heterocycles. The average Bonchev–Trinajstić information content (AvgIpc) is 2.80. The predicted octanol–water partition coefficient (Wildman–Crippen LogP) is 0.787. The summed E-state index contributed by atoms with van der Waals surface area (Å²) in [6, 6.07) is 1.90. The number of aryl methyl sites for hydroxylation is 2. The molecule has 2 heterocycles. The lowest BCUT2D eigenvalue weighted by atomic mass is 10.1. The molecular weight excluding hydrogens is 232 g/mol. The van der Waals surface area contributed by atoms with Crippen LogP contribution in [0.4, 0.5) is 0 Å². The Labute approximate surface area is 106 Å². The number of hydrogen-bond donors (Lipinski definition) is 2. The highest BCUT2D eigenvalue weighted by atomic mass is 16.5. The van der Waals surface area contributed by atoms with E-state index in [1.807, 2.05) is 19.9 Å². The molecule has 2 N–H and O–H groups in total. The highest BCUT2D eigenvalue weighted by Crippen LogP contribution is 2.12. The molecule has 98 valence electrons. The molecule has 18 heavy (non-hydrogen) atoms. The molecule has 1 aromatic rings. The summed E-state index contributed by atoms with van der Waals surface area (Å²) in [6.45, 7) is 4.60. The zero-order valence-corrected chi connectivity index (χ0v) is 10.7. The molecule has 2 rings (SSSR count). The van der Waals surface area contributed by atoms with E-state index in [0.717, 1.165) is 24.1 Å². The van der Waals surface area contributed by atoms with Crippen molar-refractivity contribution in [3.63, 3.8) is 0 Å². The van der Waals surface area contributed by atoms with E-state index >= 15 is 0 Å². The van der Waals surface area contributed by atoms with Crippen LogP contribution in [0, 0.1) is 13.8 Å². The van der Waals surface area contributed by atoms with Crippen molar-refractivity contribution in [3.8, 4) is 0 Å². The zero-order valence-electron chi connectivity index (χ0n) is 10.7. The molecular formula is C13H18N2O3. The summed E-state index contributed by atoms with van der Waals surface area (Å²) >= 11 is 0. The third kappa shape index (κ3) is 2.79. The van der Waals surface area contributed by atoms with Crippen LogP contribution in [0.1, 0.15) is 29.7 Å². The van der Waals surface area contributed by atoms with Crippen LogP contribution in [0.2, 0.25) is 0 Å². The lowest BCUT2D eigenvalue weighted by molar-refractivity contribution is -0.130. The summed E-state index contributed by atoms with van der Waals surface area (Å²) in [7, 11) is 0. The number of carbonyl (C=O) groups is 1. The number of carbonyl (C=O) groups excluding carboxylic acids is 1. The number of aromatic amines is 1. The Morgan fingerprint density at radius 1 is 1.56 bits per heavy atom. The Morgan fingerprint density at radius 3 is 2.94 bits per heavy atom. The van der Waals surface area contributed by atoms with Crippen LogP contribution in [0.25, 0.3) is 0 Å². The van der Waals surface area contributed by atoms with Crippen molar-refractivity contribution >= 4 is 5.91 Å². The molecule has 0 aromatic carbocycles. The number of hydrogen-bond acceptors (Lipinski definition) is 3. The first-order valence-electron chi connectivity index (χ1n) is 6.16. The fourth-order valence-electron chi connectivity index (χ4n) is 2.18. The monoisotopic (exact) mass is 250 g/mol. The maximum Gasteiger partial charge on any atom is 0.253 e. The summed E-state index contributed by atoms with van der Waals surface area (Å²) < 4.78 is 5.28. The van der Waals surface area contributed by atoms with Crippen LogP contribution >= 0.6 is 0 Å². The van der Waals surface area contributed by atoms with Gasteiger partial charge in [0.1, 0.15) is 6.10 Å². The van der Waals surface area contributed by atoms with Crippen molar-refractivity contribution in [1.82, 2.24) is 10.3 Å². The molecule has 0 bridgehead atoms. The van der Waals surface area contributed by atoms with E-state index in [1.165, 1.54) is 0 Å². The summed E-state index contributed by atoms with van der Waals surface area (Å²) in [4.78, 5) is 26.3. The molecule has 0 unspecified atom stereocenters. The molecule has 0 saturated carbocycles. The van der Waals surface area contributed by atoms with Crippen molar-refractivity contribution in [2.24, 2.45) is 0 Å². The highest BCUT2D eigenvalue weighted by molar-refractivity contribution is 5.80. The Balaban J connectivity index is 2.02. The van der Waals surface area contributed by atoms with Crippen LogP contribution in [0.3, 0.4) is 0 Å². The number of rotatable bonds is 3. The van der Waals surface area contributed by atoms with Gasteiger partial charge in [-0.25, -0.2) is 0 Å². The number of amides is 1. The van der Waals surface area contributed by atoms with E-state index in [0.29, 0.717) is 12.2 Å². The summed E-state index contributed by atoms with van der Waals surface area (Å²) in [5, 5.41) is 2.76. The Kier molecular flexibility index (Phi) is 3.81. The lowest BCUT2D eigenvalue weighted by Gasteiger charge is -2.11. The van der Waals surface area contributed by atoms with Crippen molar-refractivity contribution in [1.29, 1.82) is 0 Å². The standard InChI is InChI=1S/C13H18N2O3/c1-8-6-9(2)15-12(16)10(8)7-14-13(17)11-4-3-5-18-11/h6,11H,3-5,7H2,1-2H3,(H,14,17)(H,15,16)/t11-/m0/s1. The summed E-state index contributed by atoms with van der Waals surface area (Å²) in [6.07, 6.45) is 1.33.